The fourth-order valence-corrected chi connectivity index (χ4v) is 4.89. The largest absolute Gasteiger partial charge is 0.380 e. The SMILES string of the molecule is CCOCCn1c(=NC(=O)C=Cc2cccs2)sc2c3ccccc3ccc21. The second kappa shape index (κ2) is 8.65. The highest BCUT2D eigenvalue weighted by atomic mass is 32.1. The molecule has 1 amide bonds. The number of carbonyl (C=O) groups excluding carboxylic acids is 1. The molecule has 4 nitrogen and oxygen atoms in total. The first-order chi connectivity index (χ1) is 13.8. The van der Waals surface area contributed by atoms with Gasteiger partial charge in [0.25, 0.3) is 5.91 Å². The van der Waals surface area contributed by atoms with Crippen LogP contribution in [0.1, 0.15) is 11.8 Å². The molecule has 0 saturated heterocycles. The van der Waals surface area contributed by atoms with Gasteiger partial charge >= 0.3 is 0 Å². The molecule has 28 heavy (non-hydrogen) atoms. The second-order valence-corrected chi connectivity index (χ2v) is 8.12. The van der Waals surface area contributed by atoms with Gasteiger partial charge in [-0.2, -0.15) is 4.99 Å². The van der Waals surface area contributed by atoms with Crippen molar-refractivity contribution in [2.75, 3.05) is 13.2 Å². The van der Waals surface area contributed by atoms with Gasteiger partial charge in [-0.3, -0.25) is 4.79 Å². The molecule has 4 rings (SSSR count). The molecule has 0 spiro atoms. The maximum Gasteiger partial charge on any atom is 0.272 e. The first kappa shape index (κ1) is 18.8. The lowest BCUT2D eigenvalue weighted by Gasteiger charge is -2.06. The van der Waals surface area contributed by atoms with Crippen molar-refractivity contribution in [2.45, 2.75) is 13.5 Å². The average molecular weight is 409 g/mol. The molecule has 0 bridgehead atoms. The molecule has 6 heteroatoms. The number of nitrogens with zero attached hydrogens (tertiary/aromatic N) is 2. The van der Waals surface area contributed by atoms with Gasteiger partial charge in [0, 0.05) is 29.5 Å². The molecule has 2 aromatic heterocycles. The molecule has 0 unspecified atom stereocenters. The van der Waals surface area contributed by atoms with E-state index in [4.69, 9.17) is 4.74 Å². The van der Waals surface area contributed by atoms with Crippen molar-refractivity contribution < 1.29 is 9.53 Å². The van der Waals surface area contributed by atoms with Gasteiger partial charge in [-0.15, -0.1) is 11.3 Å². The van der Waals surface area contributed by atoms with Crippen molar-refractivity contribution >= 4 is 55.6 Å². The number of aromatic nitrogens is 1. The van der Waals surface area contributed by atoms with Crippen LogP contribution in [0.25, 0.3) is 27.1 Å². The highest BCUT2D eigenvalue weighted by molar-refractivity contribution is 7.17. The average Bonchev–Trinajstić information content (AvgIpc) is 3.35. The number of fused-ring (bicyclic) bond motifs is 3. The van der Waals surface area contributed by atoms with Crippen molar-refractivity contribution in [3.05, 3.63) is 69.7 Å². The molecule has 142 valence electrons. The van der Waals surface area contributed by atoms with E-state index in [9.17, 15) is 4.79 Å². The molecular formula is C22H20N2O2S2. The number of thiazole rings is 1. The van der Waals surface area contributed by atoms with Crippen molar-refractivity contribution in [2.24, 2.45) is 4.99 Å². The van der Waals surface area contributed by atoms with Crippen LogP contribution in [0.15, 0.2) is 65.0 Å². The van der Waals surface area contributed by atoms with Crippen molar-refractivity contribution in [3.63, 3.8) is 0 Å². The molecule has 0 radical (unpaired) electrons. The summed E-state index contributed by atoms with van der Waals surface area (Å²) in [7, 11) is 0. The van der Waals surface area contributed by atoms with Gasteiger partial charge in [0.05, 0.1) is 16.8 Å². The zero-order valence-corrected chi connectivity index (χ0v) is 17.1. The van der Waals surface area contributed by atoms with Crippen LogP contribution in [-0.4, -0.2) is 23.7 Å². The van der Waals surface area contributed by atoms with E-state index in [1.165, 1.54) is 16.8 Å². The normalized spacial score (nSPS) is 12.5. The van der Waals surface area contributed by atoms with Gasteiger partial charge in [-0.25, -0.2) is 0 Å². The highest BCUT2D eigenvalue weighted by Gasteiger charge is 2.10. The van der Waals surface area contributed by atoms with E-state index in [1.807, 2.05) is 42.6 Å². The first-order valence-corrected chi connectivity index (χ1v) is 10.8. The van der Waals surface area contributed by atoms with Gasteiger partial charge < -0.3 is 9.30 Å². The zero-order valence-electron chi connectivity index (χ0n) is 15.5. The Bertz CT molecular complexity index is 1200. The molecule has 0 N–H and O–H groups in total. The van der Waals surface area contributed by atoms with Crippen LogP contribution < -0.4 is 4.80 Å². The van der Waals surface area contributed by atoms with Crippen LogP contribution in [0.3, 0.4) is 0 Å². The van der Waals surface area contributed by atoms with E-state index >= 15 is 0 Å². The van der Waals surface area contributed by atoms with Gasteiger partial charge in [-0.05, 0) is 35.9 Å². The fraction of sp³-hybridized carbons (Fsp3) is 0.182. The van der Waals surface area contributed by atoms with Crippen LogP contribution in [0.2, 0.25) is 0 Å². The lowest BCUT2D eigenvalue weighted by Crippen LogP contribution is -2.19. The summed E-state index contributed by atoms with van der Waals surface area (Å²) in [6, 6.07) is 16.4. The topological polar surface area (TPSA) is 43.6 Å². The number of ether oxygens (including phenoxy) is 1. The summed E-state index contributed by atoms with van der Waals surface area (Å²) in [4.78, 5) is 18.6. The van der Waals surface area contributed by atoms with Crippen molar-refractivity contribution in [1.29, 1.82) is 0 Å². The number of hydrogen-bond acceptors (Lipinski definition) is 4. The standard InChI is InChI=1S/C22H20N2O2S2/c1-2-26-14-13-24-19-11-9-16-6-3-4-8-18(16)21(19)28-22(24)23-20(25)12-10-17-7-5-15-27-17/h3-12,15H,2,13-14H2,1H3. The van der Waals surface area contributed by atoms with Gasteiger partial charge in [0.1, 0.15) is 0 Å². The summed E-state index contributed by atoms with van der Waals surface area (Å²) < 4.78 is 8.77. The summed E-state index contributed by atoms with van der Waals surface area (Å²) in [5, 5.41) is 4.35. The lowest BCUT2D eigenvalue weighted by atomic mass is 10.1. The number of carbonyl (C=O) groups is 1. The number of benzene rings is 2. The third-order valence-electron chi connectivity index (χ3n) is 4.38. The maximum absolute atomic E-state index is 12.4. The number of rotatable bonds is 6. The summed E-state index contributed by atoms with van der Waals surface area (Å²) in [6.07, 6.45) is 3.34. The molecule has 0 atom stereocenters. The quantitative estimate of drug-likeness (QED) is 0.329. The fourth-order valence-electron chi connectivity index (χ4n) is 3.07. The van der Waals surface area contributed by atoms with E-state index in [1.54, 1.807) is 22.7 Å². The van der Waals surface area contributed by atoms with Crippen LogP contribution >= 0.6 is 22.7 Å². The van der Waals surface area contributed by atoms with E-state index in [0.717, 1.165) is 15.1 Å². The smallest absolute Gasteiger partial charge is 0.272 e. The predicted molar refractivity (Wildman–Crippen MR) is 118 cm³/mol. The molecule has 2 aromatic carbocycles. The Kier molecular flexibility index (Phi) is 5.81. The third kappa shape index (κ3) is 3.99. The molecule has 0 aliphatic carbocycles. The van der Waals surface area contributed by atoms with Crippen molar-refractivity contribution in [3.8, 4) is 0 Å². The monoisotopic (exact) mass is 408 g/mol. The first-order valence-electron chi connectivity index (χ1n) is 9.15. The maximum atomic E-state index is 12.4. The lowest BCUT2D eigenvalue weighted by molar-refractivity contribution is -0.113. The summed E-state index contributed by atoms with van der Waals surface area (Å²) in [6.45, 7) is 3.89. The van der Waals surface area contributed by atoms with E-state index < -0.39 is 0 Å². The zero-order chi connectivity index (χ0) is 19.3. The Balaban J connectivity index is 1.79. The number of amides is 1. The van der Waals surface area contributed by atoms with E-state index in [2.05, 4.69) is 33.8 Å². The van der Waals surface area contributed by atoms with Crippen LogP contribution in [0, 0.1) is 0 Å². The predicted octanol–water partition coefficient (Wildman–Crippen LogP) is 5.09. The highest BCUT2D eigenvalue weighted by Crippen LogP contribution is 2.27. The molecule has 0 aliphatic heterocycles. The number of thiophene rings is 1. The minimum atomic E-state index is -0.255. The van der Waals surface area contributed by atoms with E-state index in [-0.39, 0.29) is 5.91 Å². The van der Waals surface area contributed by atoms with Gasteiger partial charge in [0.15, 0.2) is 4.80 Å². The Labute approximate surface area is 171 Å². The molecule has 0 fully saturated rings. The molecule has 4 aromatic rings. The Morgan fingerprint density at radius 3 is 2.89 bits per heavy atom. The van der Waals surface area contributed by atoms with Gasteiger partial charge in [0.2, 0.25) is 0 Å². The van der Waals surface area contributed by atoms with Crippen LogP contribution in [-0.2, 0) is 16.1 Å². The van der Waals surface area contributed by atoms with Crippen LogP contribution in [0.4, 0.5) is 0 Å². The Morgan fingerprint density at radius 2 is 2.07 bits per heavy atom. The molecule has 0 saturated carbocycles. The third-order valence-corrected chi connectivity index (χ3v) is 6.34. The Hall–Kier alpha value is -2.54. The molecule has 0 aliphatic rings. The van der Waals surface area contributed by atoms with Crippen LogP contribution in [0.5, 0.6) is 0 Å². The van der Waals surface area contributed by atoms with Gasteiger partial charge in [-0.1, -0.05) is 47.7 Å². The van der Waals surface area contributed by atoms with E-state index in [0.29, 0.717) is 24.6 Å². The van der Waals surface area contributed by atoms with Crippen molar-refractivity contribution in [1.82, 2.24) is 4.57 Å². The number of hydrogen-bond donors (Lipinski definition) is 0. The second-order valence-electron chi connectivity index (χ2n) is 6.17. The molecule has 2 heterocycles. The summed E-state index contributed by atoms with van der Waals surface area (Å²) >= 11 is 3.15. The molecular weight excluding hydrogens is 388 g/mol. The summed E-state index contributed by atoms with van der Waals surface area (Å²) in [5.74, 6) is -0.255. The minimum absolute atomic E-state index is 0.255. The summed E-state index contributed by atoms with van der Waals surface area (Å²) in [5.41, 5.74) is 1.08. The minimum Gasteiger partial charge on any atom is -0.380 e. The Morgan fingerprint density at radius 1 is 1.18 bits per heavy atom.